The molecular weight excluding hydrogens is 280 g/mol. The highest BCUT2D eigenvalue weighted by Crippen LogP contribution is 2.15. The van der Waals surface area contributed by atoms with E-state index in [1.165, 1.54) is 0 Å². The third kappa shape index (κ3) is 5.81. The Morgan fingerprint density at radius 1 is 1.19 bits per heavy atom. The molecule has 114 valence electrons. The Kier molecular flexibility index (Phi) is 5.99. The van der Waals surface area contributed by atoms with E-state index in [9.17, 15) is 14.4 Å². The summed E-state index contributed by atoms with van der Waals surface area (Å²) in [6, 6.07) is 4.16. The predicted molar refractivity (Wildman–Crippen MR) is 73.4 cm³/mol. The minimum absolute atomic E-state index is 0.426. The first-order valence-corrected chi connectivity index (χ1v) is 6.17. The molecule has 1 rings (SSSR count). The summed E-state index contributed by atoms with van der Waals surface area (Å²) >= 11 is 0. The Labute approximate surface area is 120 Å². The molecule has 2 amide bonds. The van der Waals surface area contributed by atoms with Gasteiger partial charge in [0, 0.05) is 5.69 Å². The minimum atomic E-state index is -1.50. The average Bonchev–Trinajstić information content (AvgIpc) is 2.40. The lowest BCUT2D eigenvalue weighted by Gasteiger charge is -2.13. The molecule has 21 heavy (non-hydrogen) atoms. The lowest BCUT2D eigenvalue weighted by molar-refractivity contribution is -0.145. The first kappa shape index (κ1) is 16.3. The molecule has 0 unspecified atom stereocenters. The number of carbonyl (C=O) groups excluding carboxylic acids is 1. The van der Waals surface area contributed by atoms with Crippen molar-refractivity contribution >= 4 is 23.7 Å². The van der Waals surface area contributed by atoms with E-state index < -0.39 is 30.4 Å². The molecule has 0 aliphatic heterocycles. The van der Waals surface area contributed by atoms with Crippen LogP contribution in [0.2, 0.25) is 0 Å². The molecule has 0 spiro atoms. The minimum Gasteiger partial charge on any atom is -0.494 e. The van der Waals surface area contributed by atoms with Crippen LogP contribution in [0.25, 0.3) is 0 Å². The van der Waals surface area contributed by atoms with E-state index in [2.05, 4.69) is 10.6 Å². The second-order valence-corrected chi connectivity index (χ2v) is 4.04. The number of hydrogen-bond acceptors (Lipinski definition) is 4. The first-order valence-electron chi connectivity index (χ1n) is 6.17. The Hall–Kier alpha value is -2.77. The molecule has 1 atom stereocenters. The van der Waals surface area contributed by atoms with E-state index in [1.807, 2.05) is 6.92 Å². The van der Waals surface area contributed by atoms with Gasteiger partial charge in [0.05, 0.1) is 13.0 Å². The maximum Gasteiger partial charge on any atom is 0.326 e. The summed E-state index contributed by atoms with van der Waals surface area (Å²) < 4.78 is 5.23. The standard InChI is InChI=1S/C13H16N2O6/c1-2-21-9-5-3-8(4-6-9)14-13(20)15-10(12(18)19)7-11(16)17/h3-6,10H,2,7H2,1H3,(H,16,17)(H,18,19)(H2,14,15,20)/t10-/m1/s1. The van der Waals surface area contributed by atoms with Gasteiger partial charge in [0.2, 0.25) is 0 Å². The van der Waals surface area contributed by atoms with Crippen molar-refractivity contribution in [3.05, 3.63) is 24.3 Å². The Morgan fingerprint density at radius 2 is 1.81 bits per heavy atom. The zero-order valence-corrected chi connectivity index (χ0v) is 11.3. The van der Waals surface area contributed by atoms with Crippen LogP contribution in [0.4, 0.5) is 10.5 Å². The summed E-state index contributed by atoms with van der Waals surface area (Å²) in [7, 11) is 0. The average molecular weight is 296 g/mol. The van der Waals surface area contributed by atoms with E-state index in [4.69, 9.17) is 14.9 Å². The van der Waals surface area contributed by atoms with Gasteiger partial charge >= 0.3 is 18.0 Å². The van der Waals surface area contributed by atoms with E-state index in [0.29, 0.717) is 18.0 Å². The van der Waals surface area contributed by atoms with Crippen LogP contribution in [-0.4, -0.2) is 40.8 Å². The van der Waals surface area contributed by atoms with Gasteiger partial charge in [-0.2, -0.15) is 0 Å². The Balaban J connectivity index is 2.59. The first-order chi connectivity index (χ1) is 9.92. The van der Waals surface area contributed by atoms with Crippen LogP contribution < -0.4 is 15.4 Å². The Morgan fingerprint density at radius 3 is 2.29 bits per heavy atom. The van der Waals surface area contributed by atoms with Crippen LogP contribution in [0.3, 0.4) is 0 Å². The number of amides is 2. The molecule has 8 heteroatoms. The van der Waals surface area contributed by atoms with Crippen molar-refractivity contribution in [3.63, 3.8) is 0 Å². The van der Waals surface area contributed by atoms with E-state index in [0.717, 1.165) is 0 Å². The summed E-state index contributed by atoms with van der Waals surface area (Å²) in [4.78, 5) is 32.9. The van der Waals surface area contributed by atoms with Crippen LogP contribution in [0.1, 0.15) is 13.3 Å². The molecule has 8 nitrogen and oxygen atoms in total. The molecule has 1 aromatic rings. The normalized spacial score (nSPS) is 11.3. The molecule has 0 fully saturated rings. The van der Waals surface area contributed by atoms with Crippen LogP contribution in [-0.2, 0) is 9.59 Å². The van der Waals surface area contributed by atoms with Gasteiger partial charge < -0.3 is 25.6 Å². The van der Waals surface area contributed by atoms with Gasteiger partial charge in [-0.15, -0.1) is 0 Å². The van der Waals surface area contributed by atoms with Crippen molar-refractivity contribution in [1.82, 2.24) is 5.32 Å². The van der Waals surface area contributed by atoms with Gasteiger partial charge in [0.15, 0.2) is 0 Å². The van der Waals surface area contributed by atoms with Crippen molar-refractivity contribution in [2.45, 2.75) is 19.4 Å². The maximum atomic E-state index is 11.6. The van der Waals surface area contributed by atoms with Gasteiger partial charge in [-0.25, -0.2) is 9.59 Å². The summed E-state index contributed by atoms with van der Waals surface area (Å²) in [6.07, 6.45) is -0.702. The molecule has 4 N–H and O–H groups in total. The van der Waals surface area contributed by atoms with Gasteiger partial charge in [-0.3, -0.25) is 4.79 Å². The van der Waals surface area contributed by atoms with E-state index in [-0.39, 0.29) is 0 Å². The van der Waals surface area contributed by atoms with Crippen molar-refractivity contribution in [2.24, 2.45) is 0 Å². The third-order valence-electron chi connectivity index (χ3n) is 2.41. The summed E-state index contributed by atoms with van der Waals surface area (Å²) in [5.74, 6) is -2.10. The molecule has 0 aromatic heterocycles. The second kappa shape index (κ2) is 7.73. The third-order valence-corrected chi connectivity index (χ3v) is 2.41. The lowest BCUT2D eigenvalue weighted by atomic mass is 10.2. The highest BCUT2D eigenvalue weighted by Gasteiger charge is 2.22. The number of carbonyl (C=O) groups is 3. The zero-order valence-electron chi connectivity index (χ0n) is 11.3. The number of urea groups is 1. The molecule has 0 saturated carbocycles. The van der Waals surface area contributed by atoms with Gasteiger partial charge in [0.25, 0.3) is 0 Å². The maximum absolute atomic E-state index is 11.6. The van der Waals surface area contributed by atoms with Crippen molar-refractivity contribution in [1.29, 1.82) is 0 Å². The summed E-state index contributed by atoms with van der Waals surface area (Å²) in [5.41, 5.74) is 0.426. The number of carboxylic acids is 2. The number of hydrogen-bond donors (Lipinski definition) is 4. The number of anilines is 1. The molecule has 0 heterocycles. The van der Waals surface area contributed by atoms with Gasteiger partial charge in [-0.05, 0) is 31.2 Å². The highest BCUT2D eigenvalue weighted by atomic mass is 16.5. The summed E-state index contributed by atoms with van der Waals surface area (Å²) in [5, 5.41) is 21.9. The van der Waals surface area contributed by atoms with Crippen molar-refractivity contribution in [2.75, 3.05) is 11.9 Å². The molecule has 0 radical (unpaired) electrons. The van der Waals surface area contributed by atoms with Crippen LogP contribution >= 0.6 is 0 Å². The second-order valence-electron chi connectivity index (χ2n) is 4.04. The van der Waals surface area contributed by atoms with Crippen LogP contribution in [0.5, 0.6) is 5.75 Å². The molecule has 1 aromatic carbocycles. The van der Waals surface area contributed by atoms with Crippen molar-refractivity contribution < 1.29 is 29.3 Å². The van der Waals surface area contributed by atoms with E-state index in [1.54, 1.807) is 24.3 Å². The lowest BCUT2D eigenvalue weighted by Crippen LogP contribution is -2.44. The number of rotatable bonds is 7. The smallest absolute Gasteiger partial charge is 0.326 e. The quantitative estimate of drug-likeness (QED) is 0.598. The SMILES string of the molecule is CCOc1ccc(NC(=O)N[C@H](CC(=O)O)C(=O)O)cc1. The number of aliphatic carboxylic acids is 2. The molecule has 0 bridgehead atoms. The fourth-order valence-corrected chi connectivity index (χ4v) is 1.50. The topological polar surface area (TPSA) is 125 Å². The summed E-state index contributed by atoms with van der Waals surface area (Å²) in [6.45, 7) is 2.36. The van der Waals surface area contributed by atoms with Gasteiger partial charge in [-0.1, -0.05) is 0 Å². The number of carboxylic acid groups (broad SMARTS) is 2. The number of nitrogens with one attached hydrogen (secondary N) is 2. The Bertz CT molecular complexity index is 514. The molecular formula is C13H16N2O6. The zero-order chi connectivity index (χ0) is 15.8. The number of ether oxygens (including phenoxy) is 1. The van der Waals surface area contributed by atoms with E-state index >= 15 is 0 Å². The molecule has 0 saturated heterocycles. The largest absolute Gasteiger partial charge is 0.494 e. The molecule has 0 aliphatic rings. The van der Waals surface area contributed by atoms with Gasteiger partial charge in [0.1, 0.15) is 11.8 Å². The van der Waals surface area contributed by atoms with Crippen molar-refractivity contribution in [3.8, 4) is 5.75 Å². The predicted octanol–water partition coefficient (Wildman–Crippen LogP) is 1.13. The fraction of sp³-hybridized carbons (Fsp3) is 0.308. The number of benzene rings is 1. The van der Waals surface area contributed by atoms with Crippen LogP contribution in [0, 0.1) is 0 Å². The monoisotopic (exact) mass is 296 g/mol. The van der Waals surface area contributed by atoms with Crippen LogP contribution in [0.15, 0.2) is 24.3 Å². The fourth-order valence-electron chi connectivity index (χ4n) is 1.50. The highest BCUT2D eigenvalue weighted by molar-refractivity contribution is 5.93. The molecule has 0 aliphatic carbocycles.